The summed E-state index contributed by atoms with van der Waals surface area (Å²) in [6.45, 7) is 7.99. The predicted molar refractivity (Wildman–Crippen MR) is 68.7 cm³/mol. The summed E-state index contributed by atoms with van der Waals surface area (Å²) in [6.07, 6.45) is 4.51. The molecule has 1 aliphatic rings. The number of likely N-dealkylation sites (tertiary alicyclic amines) is 1. The Morgan fingerprint density at radius 2 is 2.50 bits per heavy atom. The van der Waals surface area contributed by atoms with Crippen LogP contribution in [0.3, 0.4) is 0 Å². The molecule has 2 unspecified atom stereocenters. The van der Waals surface area contributed by atoms with Crippen molar-refractivity contribution >= 4 is 11.3 Å². The van der Waals surface area contributed by atoms with Gasteiger partial charge in [-0.15, -0.1) is 11.3 Å². The van der Waals surface area contributed by atoms with E-state index in [1.807, 2.05) is 11.7 Å². The number of hydrogen-bond acceptors (Lipinski definition) is 4. The van der Waals surface area contributed by atoms with Crippen LogP contribution in [0, 0.1) is 0 Å². The molecule has 0 bridgehead atoms. The van der Waals surface area contributed by atoms with Crippen molar-refractivity contribution in [3.05, 3.63) is 16.6 Å². The summed E-state index contributed by atoms with van der Waals surface area (Å²) in [6, 6.07) is 1.40. The first-order valence-electron chi connectivity index (χ1n) is 6.14. The average Bonchev–Trinajstić information content (AvgIpc) is 2.79. The number of rotatable bonds is 4. The van der Waals surface area contributed by atoms with Crippen molar-refractivity contribution in [3.8, 4) is 0 Å². The van der Waals surface area contributed by atoms with Gasteiger partial charge in [0, 0.05) is 29.7 Å². The van der Waals surface area contributed by atoms with Crippen LogP contribution in [0.15, 0.2) is 11.7 Å². The third kappa shape index (κ3) is 3.03. The molecule has 0 aromatic carbocycles. The first kappa shape index (κ1) is 12.0. The Balaban J connectivity index is 1.75. The van der Waals surface area contributed by atoms with Crippen molar-refractivity contribution in [1.82, 2.24) is 15.2 Å². The maximum atomic E-state index is 4.10. The van der Waals surface area contributed by atoms with Gasteiger partial charge in [0.1, 0.15) is 0 Å². The highest BCUT2D eigenvalue weighted by Crippen LogP contribution is 2.17. The van der Waals surface area contributed by atoms with E-state index in [-0.39, 0.29) is 0 Å². The number of nitrogens with one attached hydrogen (secondary N) is 1. The van der Waals surface area contributed by atoms with E-state index >= 15 is 0 Å². The summed E-state index contributed by atoms with van der Waals surface area (Å²) in [7, 11) is 0. The van der Waals surface area contributed by atoms with Crippen molar-refractivity contribution in [2.24, 2.45) is 0 Å². The lowest BCUT2D eigenvalue weighted by atomic mass is 9.98. The fraction of sp³-hybridized carbons (Fsp3) is 0.750. The van der Waals surface area contributed by atoms with E-state index in [4.69, 9.17) is 0 Å². The van der Waals surface area contributed by atoms with E-state index in [9.17, 15) is 0 Å². The minimum absolute atomic E-state index is 0.680. The van der Waals surface area contributed by atoms with Gasteiger partial charge in [0.25, 0.3) is 0 Å². The van der Waals surface area contributed by atoms with Gasteiger partial charge in [0.15, 0.2) is 0 Å². The number of nitrogens with zero attached hydrogens (tertiary/aromatic N) is 2. The Morgan fingerprint density at radius 3 is 3.12 bits per heavy atom. The maximum absolute atomic E-state index is 4.10. The van der Waals surface area contributed by atoms with E-state index in [1.165, 1.54) is 30.8 Å². The van der Waals surface area contributed by atoms with Crippen LogP contribution < -0.4 is 5.32 Å². The molecule has 1 fully saturated rings. The zero-order valence-corrected chi connectivity index (χ0v) is 11.0. The van der Waals surface area contributed by atoms with Gasteiger partial charge in [-0.1, -0.05) is 6.92 Å². The van der Waals surface area contributed by atoms with Gasteiger partial charge < -0.3 is 10.2 Å². The molecule has 16 heavy (non-hydrogen) atoms. The van der Waals surface area contributed by atoms with Gasteiger partial charge in [0.2, 0.25) is 0 Å². The summed E-state index contributed by atoms with van der Waals surface area (Å²) in [5.74, 6) is 0. The highest BCUT2D eigenvalue weighted by Gasteiger charge is 2.23. The Bertz CT molecular complexity index is 299. The lowest BCUT2D eigenvalue weighted by molar-refractivity contribution is 0.143. The highest BCUT2D eigenvalue weighted by atomic mass is 32.1. The van der Waals surface area contributed by atoms with Gasteiger partial charge in [-0.05, 0) is 32.9 Å². The number of thiazole rings is 1. The van der Waals surface area contributed by atoms with Gasteiger partial charge >= 0.3 is 0 Å². The van der Waals surface area contributed by atoms with Gasteiger partial charge in [-0.2, -0.15) is 0 Å². The standard InChI is InChI=1S/C12H21N3S/c1-3-15-5-4-11(6-10(15)2)14-8-12-7-13-9-16-12/h7,9-11,14H,3-6,8H2,1-2H3. The van der Waals surface area contributed by atoms with Crippen LogP contribution in [0.2, 0.25) is 0 Å². The molecule has 1 aromatic rings. The van der Waals surface area contributed by atoms with Crippen LogP contribution in [0.1, 0.15) is 31.6 Å². The van der Waals surface area contributed by atoms with Crippen molar-refractivity contribution < 1.29 is 0 Å². The van der Waals surface area contributed by atoms with Gasteiger partial charge in [-0.3, -0.25) is 4.98 Å². The molecule has 0 saturated carbocycles. The molecule has 0 amide bonds. The molecule has 0 aliphatic carbocycles. The molecular weight excluding hydrogens is 218 g/mol. The van der Waals surface area contributed by atoms with Gasteiger partial charge in [0.05, 0.1) is 5.51 Å². The molecule has 4 heteroatoms. The third-order valence-electron chi connectivity index (χ3n) is 3.47. The Hall–Kier alpha value is -0.450. The molecule has 0 spiro atoms. The molecule has 1 saturated heterocycles. The largest absolute Gasteiger partial charge is 0.309 e. The molecular formula is C12H21N3S. The van der Waals surface area contributed by atoms with E-state index in [2.05, 4.69) is 29.0 Å². The van der Waals surface area contributed by atoms with Crippen LogP contribution in [0.5, 0.6) is 0 Å². The molecule has 0 radical (unpaired) electrons. The number of hydrogen-bond donors (Lipinski definition) is 1. The quantitative estimate of drug-likeness (QED) is 0.872. The average molecular weight is 239 g/mol. The van der Waals surface area contributed by atoms with E-state index in [0.717, 1.165) is 12.6 Å². The van der Waals surface area contributed by atoms with Gasteiger partial charge in [-0.25, -0.2) is 0 Å². The molecule has 2 rings (SSSR count). The van der Waals surface area contributed by atoms with Crippen molar-refractivity contribution in [1.29, 1.82) is 0 Å². The maximum Gasteiger partial charge on any atom is 0.0794 e. The second-order valence-corrected chi connectivity index (χ2v) is 5.52. The molecule has 2 atom stereocenters. The van der Waals surface area contributed by atoms with Crippen molar-refractivity contribution in [3.63, 3.8) is 0 Å². The third-order valence-corrected chi connectivity index (χ3v) is 4.25. The van der Waals surface area contributed by atoms with Crippen LogP contribution in [0.25, 0.3) is 0 Å². The normalized spacial score (nSPS) is 27.1. The number of aromatic nitrogens is 1. The monoisotopic (exact) mass is 239 g/mol. The molecule has 2 heterocycles. The molecule has 3 nitrogen and oxygen atoms in total. The second kappa shape index (κ2) is 5.75. The summed E-state index contributed by atoms with van der Waals surface area (Å²) in [4.78, 5) is 8.00. The highest BCUT2D eigenvalue weighted by molar-refractivity contribution is 7.09. The minimum Gasteiger partial charge on any atom is -0.309 e. The first-order chi connectivity index (χ1) is 7.79. The zero-order valence-electron chi connectivity index (χ0n) is 10.1. The topological polar surface area (TPSA) is 28.2 Å². The SMILES string of the molecule is CCN1CCC(NCc2cncs2)CC1C. The van der Waals surface area contributed by atoms with Crippen LogP contribution in [0.4, 0.5) is 0 Å². The van der Waals surface area contributed by atoms with Crippen molar-refractivity contribution in [2.75, 3.05) is 13.1 Å². The summed E-state index contributed by atoms with van der Waals surface area (Å²) >= 11 is 1.73. The van der Waals surface area contributed by atoms with Crippen molar-refractivity contribution in [2.45, 2.75) is 45.3 Å². The smallest absolute Gasteiger partial charge is 0.0794 e. The summed E-state index contributed by atoms with van der Waals surface area (Å²) in [5, 5.41) is 3.64. The molecule has 1 aliphatic heterocycles. The van der Waals surface area contributed by atoms with Crippen LogP contribution in [-0.2, 0) is 6.54 Å². The fourth-order valence-corrected chi connectivity index (χ4v) is 3.00. The molecule has 1 N–H and O–H groups in total. The Labute approximate surface area is 102 Å². The van der Waals surface area contributed by atoms with E-state index < -0.39 is 0 Å². The Morgan fingerprint density at radius 1 is 1.62 bits per heavy atom. The Kier molecular flexibility index (Phi) is 4.32. The predicted octanol–water partition coefficient (Wildman–Crippen LogP) is 2.11. The summed E-state index contributed by atoms with van der Waals surface area (Å²) in [5.41, 5.74) is 1.90. The molecule has 90 valence electrons. The molecule has 1 aromatic heterocycles. The minimum atomic E-state index is 0.680. The lowest BCUT2D eigenvalue weighted by Crippen LogP contribution is -2.46. The summed E-state index contributed by atoms with van der Waals surface area (Å²) < 4.78 is 0. The first-order valence-corrected chi connectivity index (χ1v) is 7.02. The van der Waals surface area contributed by atoms with E-state index in [1.54, 1.807) is 11.3 Å². The fourth-order valence-electron chi connectivity index (χ4n) is 2.45. The van der Waals surface area contributed by atoms with Crippen LogP contribution in [-0.4, -0.2) is 35.1 Å². The van der Waals surface area contributed by atoms with Crippen LogP contribution >= 0.6 is 11.3 Å². The zero-order chi connectivity index (χ0) is 11.4. The number of piperidine rings is 1. The lowest BCUT2D eigenvalue weighted by Gasteiger charge is -2.37. The second-order valence-electron chi connectivity index (χ2n) is 4.55. The van der Waals surface area contributed by atoms with E-state index in [0.29, 0.717) is 6.04 Å².